The summed E-state index contributed by atoms with van der Waals surface area (Å²) in [6, 6.07) is 12.5. The van der Waals surface area contributed by atoms with Gasteiger partial charge in [0.1, 0.15) is 10.7 Å². The summed E-state index contributed by atoms with van der Waals surface area (Å²) < 4.78 is 5.11. The van der Waals surface area contributed by atoms with E-state index in [1.165, 1.54) is 11.8 Å². The van der Waals surface area contributed by atoms with E-state index in [0.717, 1.165) is 32.5 Å². The van der Waals surface area contributed by atoms with Crippen molar-refractivity contribution >= 4 is 23.3 Å². The molecule has 1 N–H and O–H groups in total. The van der Waals surface area contributed by atoms with Crippen molar-refractivity contribution in [1.82, 2.24) is 9.88 Å². The first-order valence-corrected chi connectivity index (χ1v) is 9.39. The first-order chi connectivity index (χ1) is 12.7. The maximum atomic E-state index is 12.1. The van der Waals surface area contributed by atoms with E-state index in [-0.39, 0.29) is 5.97 Å². The summed E-state index contributed by atoms with van der Waals surface area (Å²) >= 11 is 6.02. The third-order valence-electron chi connectivity index (χ3n) is 4.56. The molecule has 0 amide bonds. The third kappa shape index (κ3) is 4.96. The molecule has 2 heterocycles. The zero-order valence-corrected chi connectivity index (χ0v) is 15.7. The highest BCUT2D eigenvalue weighted by atomic mass is 35.5. The third-order valence-corrected chi connectivity index (χ3v) is 4.77. The number of carbonyl (C=O) groups is 1. The number of hydrogen-bond acceptors (Lipinski definition) is 5. The monoisotopic (exact) mass is 373 g/mol. The molecule has 0 atom stereocenters. The number of aromatic nitrogens is 1. The maximum Gasteiger partial charge on any atom is 0.341 e. The number of carbonyl (C=O) groups excluding carboxylic acids is 1. The minimum Gasteiger partial charge on any atom is -0.462 e. The van der Waals surface area contributed by atoms with Gasteiger partial charge < -0.3 is 10.1 Å². The van der Waals surface area contributed by atoms with E-state index >= 15 is 0 Å². The summed E-state index contributed by atoms with van der Waals surface area (Å²) in [5.74, 6) is -0.374. The molecule has 1 aromatic heterocycles. The van der Waals surface area contributed by atoms with Gasteiger partial charge in [-0.25, -0.2) is 9.78 Å². The second kappa shape index (κ2) is 9.01. The lowest BCUT2D eigenvalue weighted by Gasteiger charge is -2.33. The van der Waals surface area contributed by atoms with Crippen molar-refractivity contribution in [3.63, 3.8) is 0 Å². The summed E-state index contributed by atoms with van der Waals surface area (Å²) in [4.78, 5) is 18.6. The number of rotatable bonds is 6. The van der Waals surface area contributed by atoms with Gasteiger partial charge in [-0.15, -0.1) is 0 Å². The van der Waals surface area contributed by atoms with E-state index in [2.05, 4.69) is 39.5 Å². The molecule has 1 fully saturated rings. The van der Waals surface area contributed by atoms with Gasteiger partial charge in [-0.2, -0.15) is 0 Å². The van der Waals surface area contributed by atoms with Crippen LogP contribution in [0.5, 0.6) is 0 Å². The van der Waals surface area contributed by atoms with Crippen molar-refractivity contribution < 1.29 is 9.53 Å². The normalized spacial score (nSPS) is 15.6. The zero-order valence-electron chi connectivity index (χ0n) is 15.0. The van der Waals surface area contributed by atoms with Crippen LogP contribution in [0.15, 0.2) is 42.6 Å². The maximum absolute atomic E-state index is 12.1. The van der Waals surface area contributed by atoms with Crippen LogP contribution in [0.3, 0.4) is 0 Å². The number of hydrogen-bond donors (Lipinski definition) is 1. The van der Waals surface area contributed by atoms with E-state index in [0.29, 0.717) is 29.1 Å². The van der Waals surface area contributed by atoms with Crippen LogP contribution in [-0.4, -0.2) is 41.6 Å². The molecule has 26 heavy (non-hydrogen) atoms. The summed E-state index contributed by atoms with van der Waals surface area (Å²) in [5, 5.41) is 3.83. The predicted octanol–water partition coefficient (Wildman–Crippen LogP) is 3.99. The van der Waals surface area contributed by atoms with E-state index < -0.39 is 0 Å². The van der Waals surface area contributed by atoms with Gasteiger partial charge >= 0.3 is 5.97 Å². The molecule has 2 aromatic rings. The Balaban J connectivity index is 1.59. The first-order valence-electron chi connectivity index (χ1n) is 9.01. The second-order valence-corrected chi connectivity index (χ2v) is 6.84. The molecule has 1 aliphatic rings. The van der Waals surface area contributed by atoms with Crippen LogP contribution in [0.4, 0.5) is 5.69 Å². The summed E-state index contributed by atoms with van der Waals surface area (Å²) in [6.07, 6.45) is 3.50. The smallest absolute Gasteiger partial charge is 0.341 e. The largest absolute Gasteiger partial charge is 0.462 e. The Morgan fingerprint density at radius 1 is 1.31 bits per heavy atom. The molecule has 0 spiro atoms. The number of nitrogens with zero attached hydrogens (tertiary/aromatic N) is 2. The van der Waals surface area contributed by atoms with E-state index in [9.17, 15) is 4.79 Å². The average molecular weight is 374 g/mol. The predicted molar refractivity (Wildman–Crippen MR) is 104 cm³/mol. The van der Waals surface area contributed by atoms with Crippen molar-refractivity contribution in [3.8, 4) is 0 Å². The fourth-order valence-corrected chi connectivity index (χ4v) is 3.38. The highest BCUT2D eigenvalue weighted by Crippen LogP contribution is 2.24. The van der Waals surface area contributed by atoms with Gasteiger partial charge in [-0.05, 0) is 31.4 Å². The van der Waals surface area contributed by atoms with Gasteiger partial charge in [0.2, 0.25) is 0 Å². The quantitative estimate of drug-likeness (QED) is 0.613. The van der Waals surface area contributed by atoms with Gasteiger partial charge in [-0.3, -0.25) is 4.90 Å². The highest BCUT2D eigenvalue weighted by Gasteiger charge is 2.22. The van der Waals surface area contributed by atoms with Crippen LogP contribution < -0.4 is 5.32 Å². The molecule has 138 valence electrons. The van der Waals surface area contributed by atoms with Crippen molar-refractivity contribution in [2.75, 3.05) is 25.0 Å². The molecule has 0 unspecified atom stereocenters. The molecule has 1 saturated heterocycles. The fraction of sp³-hybridized carbons (Fsp3) is 0.400. The Hall–Kier alpha value is -2.11. The average Bonchev–Trinajstić information content (AvgIpc) is 2.64. The summed E-state index contributed by atoms with van der Waals surface area (Å²) in [5.41, 5.74) is 2.47. The van der Waals surface area contributed by atoms with Crippen LogP contribution in [0, 0.1) is 0 Å². The molecule has 0 saturated carbocycles. The molecule has 3 rings (SSSR count). The number of nitrogens with one attached hydrogen (secondary N) is 1. The van der Waals surface area contributed by atoms with Gasteiger partial charge in [-0.1, -0.05) is 41.9 Å². The van der Waals surface area contributed by atoms with Crippen molar-refractivity contribution in [2.24, 2.45) is 0 Å². The molecule has 0 aliphatic carbocycles. The SMILES string of the molecule is CCOC(=O)c1cnc(Cl)cc1NC1CCN(Cc2ccccc2)CC1. The van der Waals surface area contributed by atoms with Crippen LogP contribution in [0.1, 0.15) is 35.7 Å². The van der Waals surface area contributed by atoms with Crippen LogP contribution in [-0.2, 0) is 11.3 Å². The fourth-order valence-electron chi connectivity index (χ4n) is 3.22. The standard InChI is InChI=1S/C20H24ClN3O2/c1-2-26-20(25)17-13-22-19(21)12-18(17)23-16-8-10-24(11-9-16)14-15-6-4-3-5-7-15/h3-7,12-13,16H,2,8-11,14H2,1H3,(H,22,23). The second-order valence-electron chi connectivity index (χ2n) is 6.45. The number of ether oxygens (including phenoxy) is 1. The van der Waals surface area contributed by atoms with Crippen LogP contribution in [0.2, 0.25) is 5.15 Å². The minimum absolute atomic E-state index is 0.300. The minimum atomic E-state index is -0.374. The highest BCUT2D eigenvalue weighted by molar-refractivity contribution is 6.29. The molecular formula is C20H24ClN3O2. The number of likely N-dealkylation sites (tertiary alicyclic amines) is 1. The lowest BCUT2D eigenvalue weighted by atomic mass is 10.0. The number of pyridine rings is 1. The van der Waals surface area contributed by atoms with Gasteiger partial charge in [0.25, 0.3) is 0 Å². The van der Waals surface area contributed by atoms with Crippen molar-refractivity contribution in [1.29, 1.82) is 0 Å². The number of anilines is 1. The van der Waals surface area contributed by atoms with Crippen LogP contribution in [0.25, 0.3) is 0 Å². The number of piperidine rings is 1. The van der Waals surface area contributed by atoms with Gasteiger partial charge in [0.05, 0.1) is 12.3 Å². The summed E-state index contributed by atoms with van der Waals surface area (Å²) in [6.45, 7) is 5.12. The Kier molecular flexibility index (Phi) is 6.47. The number of esters is 1. The molecule has 1 aromatic carbocycles. The molecule has 5 nitrogen and oxygen atoms in total. The Morgan fingerprint density at radius 2 is 2.04 bits per heavy atom. The van der Waals surface area contributed by atoms with Gasteiger partial charge in [0.15, 0.2) is 0 Å². The Bertz CT molecular complexity index is 731. The lowest BCUT2D eigenvalue weighted by molar-refractivity contribution is 0.0527. The van der Waals surface area contributed by atoms with Gasteiger partial charge in [0, 0.05) is 31.9 Å². The molecule has 1 aliphatic heterocycles. The van der Waals surface area contributed by atoms with E-state index in [4.69, 9.17) is 16.3 Å². The molecule has 0 radical (unpaired) electrons. The van der Waals surface area contributed by atoms with Crippen molar-refractivity contribution in [2.45, 2.75) is 32.4 Å². The number of benzene rings is 1. The Labute approximate surface area is 159 Å². The molecular weight excluding hydrogens is 350 g/mol. The van der Waals surface area contributed by atoms with E-state index in [1.54, 1.807) is 13.0 Å². The summed E-state index contributed by atoms with van der Waals surface area (Å²) in [7, 11) is 0. The molecule has 0 bridgehead atoms. The zero-order chi connectivity index (χ0) is 18.4. The first kappa shape index (κ1) is 18.7. The Morgan fingerprint density at radius 3 is 2.73 bits per heavy atom. The topological polar surface area (TPSA) is 54.5 Å². The van der Waals surface area contributed by atoms with Crippen LogP contribution >= 0.6 is 11.6 Å². The van der Waals surface area contributed by atoms with E-state index in [1.807, 2.05) is 6.07 Å². The van der Waals surface area contributed by atoms with Crippen molar-refractivity contribution in [3.05, 3.63) is 58.9 Å². The lowest BCUT2D eigenvalue weighted by Crippen LogP contribution is -2.38. The number of halogens is 1. The molecule has 6 heteroatoms.